The Morgan fingerprint density at radius 3 is 2.59 bits per heavy atom. The highest BCUT2D eigenvalue weighted by Crippen LogP contribution is 2.19. The van der Waals surface area contributed by atoms with Crippen LogP contribution in [0.2, 0.25) is 0 Å². The Hall–Kier alpha value is -2.95. The first-order chi connectivity index (χ1) is 10.8. The van der Waals surface area contributed by atoms with Crippen molar-refractivity contribution in [1.29, 1.82) is 0 Å². The van der Waals surface area contributed by atoms with Crippen molar-refractivity contribution in [3.63, 3.8) is 0 Å². The van der Waals surface area contributed by atoms with Gasteiger partial charge in [-0.2, -0.15) is 5.10 Å². The van der Waals surface area contributed by atoms with Gasteiger partial charge in [0.2, 0.25) is 0 Å². The molecule has 0 aliphatic rings. The summed E-state index contributed by atoms with van der Waals surface area (Å²) >= 11 is 0. The van der Waals surface area contributed by atoms with E-state index in [2.05, 4.69) is 10.1 Å². The molecule has 0 N–H and O–H groups in total. The highest BCUT2D eigenvalue weighted by molar-refractivity contribution is 5.59. The number of rotatable bonds is 4. The van der Waals surface area contributed by atoms with Crippen molar-refractivity contribution in [3.8, 4) is 17.0 Å². The maximum absolute atomic E-state index is 12.0. The molecule has 0 amide bonds. The van der Waals surface area contributed by atoms with Crippen molar-refractivity contribution in [2.75, 3.05) is 7.11 Å². The molecule has 2 aromatic heterocycles. The number of ether oxygens (including phenoxy) is 1. The zero-order valence-corrected chi connectivity index (χ0v) is 12.1. The molecule has 0 unspecified atom stereocenters. The van der Waals surface area contributed by atoms with E-state index in [-0.39, 0.29) is 5.56 Å². The minimum Gasteiger partial charge on any atom is -0.497 e. The second kappa shape index (κ2) is 6.22. The third-order valence-corrected chi connectivity index (χ3v) is 3.31. The van der Waals surface area contributed by atoms with E-state index in [1.54, 1.807) is 25.6 Å². The van der Waals surface area contributed by atoms with Crippen LogP contribution in [0.5, 0.6) is 5.75 Å². The first-order valence-corrected chi connectivity index (χ1v) is 6.88. The van der Waals surface area contributed by atoms with Crippen LogP contribution < -0.4 is 10.3 Å². The number of hydrogen-bond donors (Lipinski definition) is 0. The lowest BCUT2D eigenvalue weighted by molar-refractivity contribution is 0.415. The zero-order chi connectivity index (χ0) is 15.4. The van der Waals surface area contributed by atoms with Gasteiger partial charge in [0, 0.05) is 24.0 Å². The van der Waals surface area contributed by atoms with Crippen molar-refractivity contribution >= 4 is 0 Å². The third kappa shape index (κ3) is 3.03. The second-order valence-corrected chi connectivity index (χ2v) is 4.80. The largest absolute Gasteiger partial charge is 0.497 e. The Morgan fingerprint density at radius 2 is 1.91 bits per heavy atom. The summed E-state index contributed by atoms with van der Waals surface area (Å²) < 4.78 is 6.59. The predicted molar refractivity (Wildman–Crippen MR) is 83.8 cm³/mol. The normalized spacial score (nSPS) is 10.4. The van der Waals surface area contributed by atoms with Gasteiger partial charge in [0.15, 0.2) is 0 Å². The van der Waals surface area contributed by atoms with Gasteiger partial charge in [-0.3, -0.25) is 9.78 Å². The average molecular weight is 293 g/mol. The summed E-state index contributed by atoms with van der Waals surface area (Å²) in [6.07, 6.45) is 3.43. The summed E-state index contributed by atoms with van der Waals surface area (Å²) in [7, 11) is 1.63. The van der Waals surface area contributed by atoms with E-state index >= 15 is 0 Å². The lowest BCUT2D eigenvalue weighted by Crippen LogP contribution is -2.22. The molecule has 22 heavy (non-hydrogen) atoms. The minimum absolute atomic E-state index is 0.138. The maximum Gasteiger partial charge on any atom is 0.267 e. The predicted octanol–water partition coefficient (Wildman–Crippen LogP) is 2.36. The molecular formula is C17H15N3O2. The Kier molecular flexibility index (Phi) is 3.96. The molecule has 1 aromatic carbocycles. The summed E-state index contributed by atoms with van der Waals surface area (Å²) in [5.41, 5.74) is 2.47. The molecule has 0 aliphatic heterocycles. The fourth-order valence-electron chi connectivity index (χ4n) is 2.14. The Labute approximate surface area is 127 Å². The van der Waals surface area contributed by atoms with E-state index in [0.717, 1.165) is 22.6 Å². The maximum atomic E-state index is 12.0. The standard InChI is InChI=1S/C17H15N3O2/c1-22-15-6-4-14(5-7-15)16-8-9-17(21)20(19-16)12-13-3-2-10-18-11-13/h2-11H,12H2,1H3. The van der Waals surface area contributed by atoms with Crippen molar-refractivity contribution in [2.45, 2.75) is 6.54 Å². The van der Waals surface area contributed by atoms with Crippen LogP contribution in [0.15, 0.2) is 65.7 Å². The number of hydrogen-bond acceptors (Lipinski definition) is 4. The molecule has 0 radical (unpaired) electrons. The topological polar surface area (TPSA) is 57.0 Å². The first kappa shape index (κ1) is 14.0. The van der Waals surface area contributed by atoms with Crippen molar-refractivity contribution in [1.82, 2.24) is 14.8 Å². The van der Waals surface area contributed by atoms with Crippen LogP contribution in [0, 0.1) is 0 Å². The minimum atomic E-state index is -0.138. The van der Waals surface area contributed by atoms with Crippen molar-refractivity contribution in [3.05, 3.63) is 76.8 Å². The number of nitrogens with zero attached hydrogens (tertiary/aromatic N) is 3. The van der Waals surface area contributed by atoms with E-state index in [0.29, 0.717) is 6.54 Å². The zero-order valence-electron chi connectivity index (χ0n) is 12.1. The summed E-state index contributed by atoms with van der Waals surface area (Å²) in [6, 6.07) is 14.6. The number of benzene rings is 1. The molecule has 0 saturated carbocycles. The summed E-state index contributed by atoms with van der Waals surface area (Å²) in [6.45, 7) is 0.399. The second-order valence-electron chi connectivity index (χ2n) is 4.80. The molecule has 0 fully saturated rings. The van der Waals surface area contributed by atoms with Crippen molar-refractivity contribution in [2.24, 2.45) is 0 Å². The molecule has 0 saturated heterocycles. The summed E-state index contributed by atoms with van der Waals surface area (Å²) in [5.74, 6) is 0.785. The highest BCUT2D eigenvalue weighted by Gasteiger charge is 2.05. The molecular weight excluding hydrogens is 278 g/mol. The van der Waals surface area contributed by atoms with Crippen LogP contribution in [-0.2, 0) is 6.54 Å². The molecule has 0 atom stereocenters. The van der Waals surface area contributed by atoms with E-state index in [9.17, 15) is 4.79 Å². The Morgan fingerprint density at radius 1 is 1.09 bits per heavy atom. The highest BCUT2D eigenvalue weighted by atomic mass is 16.5. The smallest absolute Gasteiger partial charge is 0.267 e. The number of aromatic nitrogens is 3. The molecule has 5 nitrogen and oxygen atoms in total. The van der Waals surface area contributed by atoms with E-state index < -0.39 is 0 Å². The van der Waals surface area contributed by atoms with Crippen LogP contribution in [0.1, 0.15) is 5.56 Å². The van der Waals surface area contributed by atoms with Gasteiger partial charge in [0.1, 0.15) is 5.75 Å². The summed E-state index contributed by atoms with van der Waals surface area (Å²) in [4.78, 5) is 16.0. The van der Waals surface area contributed by atoms with Crippen LogP contribution >= 0.6 is 0 Å². The molecule has 0 aliphatic carbocycles. The van der Waals surface area contributed by atoms with Gasteiger partial charge in [-0.1, -0.05) is 6.07 Å². The molecule has 2 heterocycles. The SMILES string of the molecule is COc1ccc(-c2ccc(=O)n(Cc3cccnc3)n2)cc1. The van der Waals surface area contributed by atoms with E-state index in [1.807, 2.05) is 36.4 Å². The molecule has 3 aromatic rings. The Bertz CT molecular complexity index is 811. The average Bonchev–Trinajstić information content (AvgIpc) is 2.58. The van der Waals surface area contributed by atoms with Gasteiger partial charge in [-0.25, -0.2) is 4.68 Å². The molecule has 110 valence electrons. The van der Waals surface area contributed by atoms with Crippen LogP contribution in [-0.4, -0.2) is 21.9 Å². The molecule has 5 heteroatoms. The van der Waals surface area contributed by atoms with Gasteiger partial charge in [-0.15, -0.1) is 0 Å². The van der Waals surface area contributed by atoms with Gasteiger partial charge in [0.05, 0.1) is 19.3 Å². The van der Waals surface area contributed by atoms with Crippen LogP contribution in [0.25, 0.3) is 11.3 Å². The summed E-state index contributed by atoms with van der Waals surface area (Å²) in [5, 5.41) is 4.43. The van der Waals surface area contributed by atoms with Crippen LogP contribution in [0.4, 0.5) is 0 Å². The van der Waals surface area contributed by atoms with Crippen LogP contribution in [0.3, 0.4) is 0 Å². The van der Waals surface area contributed by atoms with Gasteiger partial charge >= 0.3 is 0 Å². The molecule has 3 rings (SSSR count). The number of methoxy groups -OCH3 is 1. The number of pyridine rings is 1. The molecule has 0 bridgehead atoms. The third-order valence-electron chi connectivity index (χ3n) is 3.31. The lowest BCUT2D eigenvalue weighted by atomic mass is 10.1. The fraction of sp³-hybridized carbons (Fsp3) is 0.118. The van der Waals surface area contributed by atoms with E-state index in [4.69, 9.17) is 4.74 Å². The fourth-order valence-corrected chi connectivity index (χ4v) is 2.14. The van der Waals surface area contributed by atoms with Crippen molar-refractivity contribution < 1.29 is 4.74 Å². The first-order valence-electron chi connectivity index (χ1n) is 6.88. The monoisotopic (exact) mass is 293 g/mol. The van der Waals surface area contributed by atoms with Gasteiger partial charge in [0.25, 0.3) is 5.56 Å². The van der Waals surface area contributed by atoms with Gasteiger partial charge < -0.3 is 4.74 Å². The lowest BCUT2D eigenvalue weighted by Gasteiger charge is -2.07. The van der Waals surface area contributed by atoms with Gasteiger partial charge in [-0.05, 0) is 42.0 Å². The van der Waals surface area contributed by atoms with E-state index in [1.165, 1.54) is 10.7 Å². The quantitative estimate of drug-likeness (QED) is 0.741. The Balaban J connectivity index is 1.93. The molecule has 0 spiro atoms.